The summed E-state index contributed by atoms with van der Waals surface area (Å²) < 4.78 is 5.15. The molecule has 1 N–H and O–H groups in total. The summed E-state index contributed by atoms with van der Waals surface area (Å²) >= 11 is 1.57. The molecule has 0 saturated heterocycles. The number of hydrogen-bond acceptors (Lipinski definition) is 5. The molecule has 0 unspecified atom stereocenters. The highest BCUT2D eigenvalue weighted by Gasteiger charge is 2.08. The van der Waals surface area contributed by atoms with Crippen molar-refractivity contribution in [3.05, 3.63) is 35.5 Å². The molecular weight excluding hydrogens is 260 g/mol. The van der Waals surface area contributed by atoms with Crippen molar-refractivity contribution in [2.24, 2.45) is 0 Å². The molecule has 0 fully saturated rings. The van der Waals surface area contributed by atoms with E-state index in [0.717, 1.165) is 28.4 Å². The summed E-state index contributed by atoms with van der Waals surface area (Å²) in [5.41, 5.74) is 3.26. The molecule has 3 rings (SSSR count). The van der Waals surface area contributed by atoms with Gasteiger partial charge in [-0.2, -0.15) is 4.98 Å². The third-order valence-electron chi connectivity index (χ3n) is 2.77. The van der Waals surface area contributed by atoms with Gasteiger partial charge in [0, 0.05) is 6.42 Å². The summed E-state index contributed by atoms with van der Waals surface area (Å²) in [5.74, 6) is 2.01. The van der Waals surface area contributed by atoms with Gasteiger partial charge in [0.1, 0.15) is 0 Å². The quantitative estimate of drug-likeness (QED) is 0.740. The van der Waals surface area contributed by atoms with Crippen molar-refractivity contribution in [2.45, 2.75) is 31.2 Å². The molecule has 2 aromatic heterocycles. The van der Waals surface area contributed by atoms with Gasteiger partial charge in [-0.1, -0.05) is 29.9 Å². The molecule has 0 saturated carbocycles. The van der Waals surface area contributed by atoms with Crippen LogP contribution in [0.4, 0.5) is 0 Å². The molecule has 3 aromatic rings. The highest BCUT2D eigenvalue weighted by molar-refractivity contribution is 7.98. The Hall–Kier alpha value is -1.82. The molecule has 2 heterocycles. The number of imidazole rings is 1. The maximum atomic E-state index is 5.15. The van der Waals surface area contributed by atoms with Gasteiger partial charge in [0.05, 0.1) is 16.8 Å². The molecule has 98 valence electrons. The van der Waals surface area contributed by atoms with Crippen LogP contribution in [-0.4, -0.2) is 20.1 Å². The summed E-state index contributed by atoms with van der Waals surface area (Å²) in [4.78, 5) is 12.1. The minimum Gasteiger partial charge on any atom is -0.338 e. The molecule has 6 heteroatoms. The van der Waals surface area contributed by atoms with E-state index in [0.29, 0.717) is 11.6 Å². The van der Waals surface area contributed by atoms with Gasteiger partial charge < -0.3 is 9.51 Å². The lowest BCUT2D eigenvalue weighted by atomic mass is 10.2. The lowest BCUT2D eigenvalue weighted by Gasteiger charge is -1.91. The number of fused-ring (bicyclic) bond motifs is 1. The van der Waals surface area contributed by atoms with Gasteiger partial charge in [0.2, 0.25) is 5.89 Å². The zero-order valence-electron chi connectivity index (χ0n) is 10.8. The molecule has 0 radical (unpaired) electrons. The van der Waals surface area contributed by atoms with Crippen LogP contribution in [0.1, 0.15) is 24.2 Å². The molecule has 5 nitrogen and oxygen atoms in total. The molecule has 0 aliphatic heterocycles. The first-order valence-corrected chi connectivity index (χ1v) is 7.14. The molecule has 19 heavy (non-hydrogen) atoms. The largest absolute Gasteiger partial charge is 0.338 e. The molecule has 0 bridgehead atoms. The van der Waals surface area contributed by atoms with E-state index in [1.54, 1.807) is 11.8 Å². The molecule has 0 spiro atoms. The van der Waals surface area contributed by atoms with Crippen molar-refractivity contribution >= 4 is 22.8 Å². The first-order valence-electron chi connectivity index (χ1n) is 6.15. The first kappa shape index (κ1) is 12.2. The van der Waals surface area contributed by atoms with Crippen molar-refractivity contribution in [1.82, 2.24) is 20.1 Å². The summed E-state index contributed by atoms with van der Waals surface area (Å²) in [7, 11) is 0. The Labute approximate surface area is 114 Å². The van der Waals surface area contributed by atoms with E-state index < -0.39 is 0 Å². The number of nitrogens with one attached hydrogen (secondary N) is 1. The van der Waals surface area contributed by atoms with Crippen LogP contribution in [0.25, 0.3) is 11.0 Å². The lowest BCUT2D eigenvalue weighted by Crippen LogP contribution is -1.84. The fourth-order valence-electron chi connectivity index (χ4n) is 1.79. The van der Waals surface area contributed by atoms with Gasteiger partial charge >= 0.3 is 0 Å². The Bertz CT molecular complexity index is 704. The van der Waals surface area contributed by atoms with Gasteiger partial charge in [-0.05, 0) is 24.6 Å². The Kier molecular flexibility index (Phi) is 3.25. The van der Waals surface area contributed by atoms with Gasteiger partial charge in [-0.25, -0.2) is 4.98 Å². The third-order valence-corrected chi connectivity index (χ3v) is 3.63. The summed E-state index contributed by atoms with van der Waals surface area (Å²) in [6.45, 7) is 4.07. The fourth-order valence-corrected chi connectivity index (χ4v) is 2.51. The number of benzene rings is 1. The van der Waals surface area contributed by atoms with Gasteiger partial charge in [0.15, 0.2) is 11.0 Å². The lowest BCUT2D eigenvalue weighted by molar-refractivity contribution is 0.385. The van der Waals surface area contributed by atoms with Crippen LogP contribution in [0, 0.1) is 6.92 Å². The van der Waals surface area contributed by atoms with E-state index in [4.69, 9.17) is 4.52 Å². The number of hydrogen-bond donors (Lipinski definition) is 1. The summed E-state index contributed by atoms with van der Waals surface area (Å²) in [6, 6.07) is 6.17. The molecule has 0 atom stereocenters. The van der Waals surface area contributed by atoms with Crippen LogP contribution >= 0.6 is 11.8 Å². The second kappa shape index (κ2) is 5.05. The first-order chi connectivity index (χ1) is 9.24. The second-order valence-corrected chi connectivity index (χ2v) is 5.27. The van der Waals surface area contributed by atoms with Gasteiger partial charge in [0.25, 0.3) is 0 Å². The van der Waals surface area contributed by atoms with E-state index in [1.807, 2.05) is 13.0 Å². The number of rotatable bonds is 4. The number of H-pyrrole nitrogens is 1. The standard InChI is InChI=1S/C13H14N4OS/c1-3-11-16-12(18-17-11)7-19-13-14-9-5-4-8(2)6-10(9)15-13/h4-6H,3,7H2,1-2H3,(H,14,15). The molecule has 0 aliphatic rings. The monoisotopic (exact) mass is 274 g/mol. The zero-order valence-corrected chi connectivity index (χ0v) is 11.6. The minimum atomic E-state index is 0.631. The predicted octanol–water partition coefficient (Wildman–Crippen LogP) is 3.11. The Morgan fingerprint density at radius 2 is 2.21 bits per heavy atom. The fraction of sp³-hybridized carbons (Fsp3) is 0.308. The van der Waals surface area contributed by atoms with Crippen LogP contribution in [0.3, 0.4) is 0 Å². The summed E-state index contributed by atoms with van der Waals surface area (Å²) in [5, 5.41) is 4.74. The van der Waals surface area contributed by atoms with E-state index in [1.165, 1.54) is 5.56 Å². The molecule has 0 aliphatic carbocycles. The van der Waals surface area contributed by atoms with Crippen LogP contribution in [0.15, 0.2) is 27.9 Å². The average Bonchev–Trinajstić information content (AvgIpc) is 3.01. The summed E-state index contributed by atoms with van der Waals surface area (Å²) in [6.07, 6.45) is 0.790. The van der Waals surface area contributed by atoms with Crippen molar-refractivity contribution in [1.29, 1.82) is 0 Å². The van der Waals surface area contributed by atoms with Gasteiger partial charge in [-0.15, -0.1) is 0 Å². The highest BCUT2D eigenvalue weighted by atomic mass is 32.2. The van der Waals surface area contributed by atoms with Crippen molar-refractivity contribution in [2.75, 3.05) is 0 Å². The molecular formula is C13H14N4OS. The number of aromatic nitrogens is 4. The van der Waals surface area contributed by atoms with Crippen LogP contribution < -0.4 is 0 Å². The van der Waals surface area contributed by atoms with Crippen molar-refractivity contribution < 1.29 is 4.52 Å². The van der Waals surface area contributed by atoms with Crippen molar-refractivity contribution in [3.63, 3.8) is 0 Å². The number of aromatic amines is 1. The maximum Gasteiger partial charge on any atom is 0.237 e. The Balaban J connectivity index is 1.74. The molecule has 0 amide bonds. The predicted molar refractivity (Wildman–Crippen MR) is 74.1 cm³/mol. The maximum absolute atomic E-state index is 5.15. The third kappa shape index (κ3) is 2.63. The number of nitrogens with zero attached hydrogens (tertiary/aromatic N) is 3. The minimum absolute atomic E-state index is 0.631. The molecule has 1 aromatic carbocycles. The van der Waals surface area contributed by atoms with E-state index >= 15 is 0 Å². The SMILES string of the molecule is CCc1noc(CSc2nc3ccc(C)cc3[nH]2)n1. The normalized spacial score (nSPS) is 11.3. The van der Waals surface area contributed by atoms with Crippen LogP contribution in [0.2, 0.25) is 0 Å². The van der Waals surface area contributed by atoms with E-state index in [-0.39, 0.29) is 0 Å². The number of aryl methyl sites for hydroxylation is 2. The van der Waals surface area contributed by atoms with Crippen LogP contribution in [-0.2, 0) is 12.2 Å². The highest BCUT2D eigenvalue weighted by Crippen LogP contribution is 2.23. The van der Waals surface area contributed by atoms with E-state index in [9.17, 15) is 0 Å². The second-order valence-electron chi connectivity index (χ2n) is 4.31. The van der Waals surface area contributed by atoms with E-state index in [2.05, 4.69) is 39.2 Å². The Morgan fingerprint density at radius 1 is 1.32 bits per heavy atom. The zero-order chi connectivity index (χ0) is 13.2. The van der Waals surface area contributed by atoms with Crippen LogP contribution in [0.5, 0.6) is 0 Å². The topological polar surface area (TPSA) is 67.6 Å². The average molecular weight is 274 g/mol. The van der Waals surface area contributed by atoms with Crippen molar-refractivity contribution in [3.8, 4) is 0 Å². The smallest absolute Gasteiger partial charge is 0.237 e. The Morgan fingerprint density at radius 3 is 3.00 bits per heavy atom. The number of thioether (sulfide) groups is 1. The van der Waals surface area contributed by atoms with Gasteiger partial charge in [-0.3, -0.25) is 0 Å².